The van der Waals surface area contributed by atoms with Crippen molar-refractivity contribution in [3.8, 4) is 0 Å². The summed E-state index contributed by atoms with van der Waals surface area (Å²) in [6.07, 6.45) is 0. The fourth-order valence-corrected chi connectivity index (χ4v) is 1.68. The van der Waals surface area contributed by atoms with Crippen LogP contribution in [0.25, 0.3) is 0 Å². The van der Waals surface area contributed by atoms with Gasteiger partial charge in [-0.15, -0.1) is 0 Å². The summed E-state index contributed by atoms with van der Waals surface area (Å²) in [7, 11) is 1.55. The smallest absolute Gasteiger partial charge is 0.323 e. The summed E-state index contributed by atoms with van der Waals surface area (Å²) in [5, 5.41) is 7.69. The maximum Gasteiger partial charge on any atom is 0.323 e. The van der Waals surface area contributed by atoms with Crippen LogP contribution in [0.3, 0.4) is 0 Å². The van der Waals surface area contributed by atoms with Crippen molar-refractivity contribution in [2.75, 3.05) is 17.7 Å². The molecule has 0 aliphatic heterocycles. The Hall–Kier alpha value is -2.89. The first kappa shape index (κ1) is 14.5. The number of hydrogen-bond acceptors (Lipinski definition) is 2. The summed E-state index contributed by atoms with van der Waals surface area (Å²) in [6.45, 7) is 0. The van der Waals surface area contributed by atoms with E-state index in [9.17, 15) is 14.0 Å². The highest BCUT2D eigenvalue weighted by Crippen LogP contribution is 2.12. The molecule has 2 rings (SSSR count). The Morgan fingerprint density at radius 3 is 1.81 bits per heavy atom. The van der Waals surface area contributed by atoms with Crippen LogP contribution in [0.15, 0.2) is 48.5 Å². The maximum atomic E-state index is 12.7. The average molecular weight is 287 g/mol. The van der Waals surface area contributed by atoms with Gasteiger partial charge in [-0.05, 0) is 48.5 Å². The zero-order chi connectivity index (χ0) is 15.2. The topological polar surface area (TPSA) is 70.2 Å². The minimum Gasteiger partial charge on any atom is -0.355 e. The Balaban J connectivity index is 1.96. The minimum absolute atomic E-state index is 0.197. The van der Waals surface area contributed by atoms with Crippen LogP contribution in [0.1, 0.15) is 10.4 Å². The third-order valence-corrected chi connectivity index (χ3v) is 2.73. The van der Waals surface area contributed by atoms with Gasteiger partial charge in [0.25, 0.3) is 5.91 Å². The van der Waals surface area contributed by atoms with Crippen LogP contribution in [0.5, 0.6) is 0 Å². The summed E-state index contributed by atoms with van der Waals surface area (Å²) in [4.78, 5) is 23.1. The zero-order valence-corrected chi connectivity index (χ0v) is 11.3. The largest absolute Gasteiger partial charge is 0.355 e. The second-order valence-corrected chi connectivity index (χ2v) is 4.24. The molecule has 0 saturated carbocycles. The van der Waals surface area contributed by atoms with Crippen molar-refractivity contribution >= 4 is 23.3 Å². The highest BCUT2D eigenvalue weighted by molar-refractivity contribution is 6.00. The predicted octanol–water partition coefficient (Wildman–Crippen LogP) is 2.83. The second kappa shape index (κ2) is 6.51. The number of hydrogen-bond donors (Lipinski definition) is 3. The van der Waals surface area contributed by atoms with Gasteiger partial charge in [0.15, 0.2) is 0 Å². The number of nitrogens with one attached hydrogen (secondary N) is 3. The van der Waals surface area contributed by atoms with Gasteiger partial charge in [-0.1, -0.05) is 0 Å². The number of benzene rings is 2. The first-order chi connectivity index (χ1) is 10.1. The molecule has 0 radical (unpaired) electrons. The molecule has 3 N–H and O–H groups in total. The fraction of sp³-hybridized carbons (Fsp3) is 0.0667. The third kappa shape index (κ3) is 4.04. The minimum atomic E-state index is -0.450. The van der Waals surface area contributed by atoms with Crippen molar-refractivity contribution in [1.82, 2.24) is 5.32 Å². The highest BCUT2D eigenvalue weighted by Gasteiger charge is 2.05. The van der Waals surface area contributed by atoms with E-state index in [1.54, 1.807) is 31.3 Å². The molecule has 21 heavy (non-hydrogen) atoms. The van der Waals surface area contributed by atoms with E-state index >= 15 is 0 Å². The molecule has 5 nitrogen and oxygen atoms in total. The molecule has 0 atom stereocenters. The molecule has 0 aliphatic rings. The van der Waals surface area contributed by atoms with Crippen LogP contribution < -0.4 is 16.0 Å². The quantitative estimate of drug-likeness (QED) is 0.812. The summed E-state index contributed by atoms with van der Waals surface area (Å²) < 4.78 is 12.7. The Morgan fingerprint density at radius 1 is 0.857 bits per heavy atom. The van der Waals surface area contributed by atoms with Crippen molar-refractivity contribution in [2.45, 2.75) is 0 Å². The van der Waals surface area contributed by atoms with Crippen LogP contribution in [-0.4, -0.2) is 19.0 Å². The van der Waals surface area contributed by atoms with Gasteiger partial charge in [-0.2, -0.15) is 0 Å². The molecule has 0 aromatic heterocycles. The lowest BCUT2D eigenvalue weighted by Crippen LogP contribution is -2.20. The van der Waals surface area contributed by atoms with Crippen LogP contribution in [0.4, 0.5) is 20.6 Å². The standard InChI is InChI=1S/C15H14FN3O2/c1-17-14(20)10-2-6-12(7-3-10)18-15(21)19-13-8-4-11(16)5-9-13/h2-9H,1H3,(H,17,20)(H2,18,19,21). The molecule has 0 aliphatic carbocycles. The fourth-order valence-electron chi connectivity index (χ4n) is 1.68. The molecule has 2 aromatic rings. The van der Waals surface area contributed by atoms with Gasteiger partial charge in [-0.25, -0.2) is 9.18 Å². The number of urea groups is 1. The summed E-state index contributed by atoms with van der Waals surface area (Å²) in [6, 6.07) is 11.4. The van der Waals surface area contributed by atoms with E-state index in [-0.39, 0.29) is 11.7 Å². The van der Waals surface area contributed by atoms with E-state index in [2.05, 4.69) is 16.0 Å². The molecule has 6 heteroatoms. The molecule has 3 amide bonds. The van der Waals surface area contributed by atoms with Gasteiger partial charge in [0.1, 0.15) is 5.82 Å². The molecule has 0 bridgehead atoms. The average Bonchev–Trinajstić information content (AvgIpc) is 2.49. The number of carbonyl (C=O) groups is 2. The number of anilines is 2. The highest BCUT2D eigenvalue weighted by atomic mass is 19.1. The van der Waals surface area contributed by atoms with Gasteiger partial charge >= 0.3 is 6.03 Å². The van der Waals surface area contributed by atoms with Crippen LogP contribution in [0.2, 0.25) is 0 Å². The Kier molecular flexibility index (Phi) is 4.50. The molecule has 108 valence electrons. The van der Waals surface area contributed by atoms with E-state index < -0.39 is 6.03 Å². The molecule has 0 spiro atoms. The molecule has 2 aromatic carbocycles. The Morgan fingerprint density at radius 2 is 1.33 bits per heavy atom. The first-order valence-corrected chi connectivity index (χ1v) is 6.24. The molecule has 0 unspecified atom stereocenters. The maximum absolute atomic E-state index is 12.7. The Bertz CT molecular complexity index is 639. The number of rotatable bonds is 3. The van der Waals surface area contributed by atoms with Crippen molar-refractivity contribution in [3.05, 3.63) is 59.9 Å². The van der Waals surface area contributed by atoms with E-state index in [0.717, 1.165) is 0 Å². The normalized spacial score (nSPS) is 9.81. The van der Waals surface area contributed by atoms with Crippen LogP contribution in [0, 0.1) is 5.82 Å². The third-order valence-electron chi connectivity index (χ3n) is 2.73. The van der Waals surface area contributed by atoms with Crippen molar-refractivity contribution in [1.29, 1.82) is 0 Å². The molecule has 0 heterocycles. The number of carbonyl (C=O) groups excluding carboxylic acids is 2. The van der Waals surface area contributed by atoms with Crippen molar-refractivity contribution in [3.63, 3.8) is 0 Å². The second-order valence-electron chi connectivity index (χ2n) is 4.24. The lowest BCUT2D eigenvalue weighted by atomic mass is 10.2. The lowest BCUT2D eigenvalue weighted by Gasteiger charge is -2.08. The first-order valence-electron chi connectivity index (χ1n) is 6.24. The Labute approximate surface area is 121 Å². The van der Waals surface area contributed by atoms with Crippen molar-refractivity contribution < 1.29 is 14.0 Å². The summed E-state index contributed by atoms with van der Waals surface area (Å²) in [5.41, 5.74) is 1.53. The lowest BCUT2D eigenvalue weighted by molar-refractivity contribution is 0.0963. The molecular formula is C15H14FN3O2. The van der Waals surface area contributed by atoms with E-state index in [1.807, 2.05) is 0 Å². The van der Waals surface area contributed by atoms with Crippen molar-refractivity contribution in [2.24, 2.45) is 0 Å². The van der Waals surface area contributed by atoms with Crippen LogP contribution in [-0.2, 0) is 0 Å². The van der Waals surface area contributed by atoms with Gasteiger partial charge in [0, 0.05) is 24.0 Å². The van der Waals surface area contributed by atoms with Gasteiger partial charge in [0.2, 0.25) is 0 Å². The van der Waals surface area contributed by atoms with Gasteiger partial charge < -0.3 is 16.0 Å². The van der Waals surface area contributed by atoms with Gasteiger partial charge in [-0.3, -0.25) is 4.79 Å². The molecule has 0 saturated heterocycles. The monoisotopic (exact) mass is 287 g/mol. The number of halogens is 1. The molecular weight excluding hydrogens is 273 g/mol. The van der Waals surface area contributed by atoms with E-state index in [1.165, 1.54) is 24.3 Å². The summed E-state index contributed by atoms with van der Waals surface area (Å²) >= 11 is 0. The van der Waals surface area contributed by atoms with E-state index in [4.69, 9.17) is 0 Å². The number of amides is 3. The van der Waals surface area contributed by atoms with Crippen LogP contribution >= 0.6 is 0 Å². The van der Waals surface area contributed by atoms with Gasteiger partial charge in [0.05, 0.1) is 0 Å². The predicted molar refractivity (Wildman–Crippen MR) is 78.9 cm³/mol. The summed E-state index contributed by atoms with van der Waals surface area (Å²) in [5.74, 6) is -0.567. The van der Waals surface area contributed by atoms with E-state index in [0.29, 0.717) is 16.9 Å². The SMILES string of the molecule is CNC(=O)c1ccc(NC(=O)Nc2ccc(F)cc2)cc1. The molecule has 0 fully saturated rings. The zero-order valence-electron chi connectivity index (χ0n) is 11.3.